The summed E-state index contributed by atoms with van der Waals surface area (Å²) in [6.45, 7) is 3.98. The summed E-state index contributed by atoms with van der Waals surface area (Å²) in [5.74, 6) is 0.671. The molecule has 82 valence electrons. The molecule has 2 nitrogen and oxygen atoms in total. The highest BCUT2D eigenvalue weighted by Gasteiger charge is 2.48. The number of rotatable bonds is 1. The van der Waals surface area contributed by atoms with Gasteiger partial charge < -0.3 is 10.1 Å². The molecule has 0 spiro atoms. The van der Waals surface area contributed by atoms with E-state index in [0.29, 0.717) is 5.92 Å². The summed E-state index contributed by atoms with van der Waals surface area (Å²) in [6.07, 6.45) is 0. The first-order valence-electron chi connectivity index (χ1n) is 5.26. The smallest absolute Gasteiger partial charge is 0.0579 e. The van der Waals surface area contributed by atoms with Crippen molar-refractivity contribution in [1.29, 1.82) is 0 Å². The van der Waals surface area contributed by atoms with Crippen LogP contribution in [0.15, 0.2) is 30.3 Å². The summed E-state index contributed by atoms with van der Waals surface area (Å²) in [7, 11) is 0. The molecule has 3 rings (SSSR count). The van der Waals surface area contributed by atoms with E-state index in [1.165, 1.54) is 5.56 Å². The maximum Gasteiger partial charge on any atom is 0.0579 e. The van der Waals surface area contributed by atoms with Crippen molar-refractivity contribution in [3.05, 3.63) is 35.9 Å². The summed E-state index contributed by atoms with van der Waals surface area (Å²) in [5.41, 5.74) is 1.70. The lowest BCUT2D eigenvalue weighted by Gasteiger charge is -2.26. The molecule has 0 saturated carbocycles. The van der Waals surface area contributed by atoms with Gasteiger partial charge in [-0.05, 0) is 5.56 Å². The van der Waals surface area contributed by atoms with Crippen molar-refractivity contribution >= 4 is 12.4 Å². The molecular weight excluding hydrogens is 210 g/mol. The number of hydrogen-bond donors (Lipinski definition) is 1. The summed E-state index contributed by atoms with van der Waals surface area (Å²) in [6, 6.07) is 10.8. The molecule has 3 heteroatoms. The Hall–Kier alpha value is -0.570. The first-order valence-corrected chi connectivity index (χ1v) is 5.26. The highest BCUT2D eigenvalue weighted by molar-refractivity contribution is 5.85. The van der Waals surface area contributed by atoms with Crippen LogP contribution in [-0.2, 0) is 10.2 Å². The van der Waals surface area contributed by atoms with Crippen LogP contribution in [-0.4, -0.2) is 26.3 Å². The minimum Gasteiger partial charge on any atom is -0.380 e. The highest BCUT2D eigenvalue weighted by atomic mass is 35.5. The van der Waals surface area contributed by atoms with Gasteiger partial charge in [0.1, 0.15) is 0 Å². The minimum atomic E-state index is 0. The van der Waals surface area contributed by atoms with E-state index in [9.17, 15) is 0 Å². The topological polar surface area (TPSA) is 21.3 Å². The van der Waals surface area contributed by atoms with Gasteiger partial charge in [0.25, 0.3) is 0 Å². The van der Waals surface area contributed by atoms with E-state index >= 15 is 0 Å². The van der Waals surface area contributed by atoms with Crippen molar-refractivity contribution in [1.82, 2.24) is 5.32 Å². The zero-order valence-electron chi connectivity index (χ0n) is 8.61. The van der Waals surface area contributed by atoms with E-state index in [1.807, 2.05) is 0 Å². The Morgan fingerprint density at radius 3 is 2.87 bits per heavy atom. The Labute approximate surface area is 96.4 Å². The summed E-state index contributed by atoms with van der Waals surface area (Å²) < 4.78 is 5.63. The second-order valence-corrected chi connectivity index (χ2v) is 4.37. The number of benzene rings is 1. The van der Waals surface area contributed by atoms with Crippen molar-refractivity contribution in [2.45, 2.75) is 5.41 Å². The second kappa shape index (κ2) is 4.12. The zero-order chi connectivity index (χ0) is 9.43. The van der Waals surface area contributed by atoms with E-state index in [1.54, 1.807) is 0 Å². The van der Waals surface area contributed by atoms with E-state index < -0.39 is 0 Å². The van der Waals surface area contributed by atoms with Gasteiger partial charge in [0.15, 0.2) is 0 Å². The number of hydrogen-bond acceptors (Lipinski definition) is 2. The van der Waals surface area contributed by atoms with Crippen molar-refractivity contribution in [3.8, 4) is 0 Å². The van der Waals surface area contributed by atoms with Gasteiger partial charge in [-0.2, -0.15) is 0 Å². The molecule has 0 amide bonds. The van der Waals surface area contributed by atoms with Gasteiger partial charge in [-0.15, -0.1) is 12.4 Å². The van der Waals surface area contributed by atoms with Crippen molar-refractivity contribution in [2.75, 3.05) is 26.3 Å². The Kier molecular flexibility index (Phi) is 3.01. The van der Waals surface area contributed by atoms with E-state index in [2.05, 4.69) is 35.6 Å². The average Bonchev–Trinajstić information content (AvgIpc) is 2.77. The third-order valence-corrected chi connectivity index (χ3v) is 3.64. The molecule has 0 aliphatic carbocycles. The largest absolute Gasteiger partial charge is 0.380 e. The van der Waals surface area contributed by atoms with Crippen LogP contribution in [0.5, 0.6) is 0 Å². The molecule has 1 N–H and O–H groups in total. The average molecular weight is 226 g/mol. The van der Waals surface area contributed by atoms with Crippen molar-refractivity contribution in [3.63, 3.8) is 0 Å². The van der Waals surface area contributed by atoms with Crippen LogP contribution in [0.3, 0.4) is 0 Å². The predicted octanol–water partition coefficient (Wildman–Crippen LogP) is 1.60. The maximum absolute atomic E-state index is 5.63. The molecule has 2 heterocycles. The van der Waals surface area contributed by atoms with Gasteiger partial charge in [0.05, 0.1) is 13.2 Å². The molecule has 2 atom stereocenters. The molecule has 0 unspecified atom stereocenters. The Morgan fingerprint density at radius 2 is 2.07 bits per heavy atom. The van der Waals surface area contributed by atoms with Crippen molar-refractivity contribution < 1.29 is 4.74 Å². The SMILES string of the molecule is Cl.c1ccc([C@@]23CNC[C@@H]2COC3)cc1. The van der Waals surface area contributed by atoms with Gasteiger partial charge in [0.2, 0.25) is 0 Å². The molecule has 0 radical (unpaired) electrons. The zero-order valence-corrected chi connectivity index (χ0v) is 9.43. The highest BCUT2D eigenvalue weighted by Crippen LogP contribution is 2.40. The van der Waals surface area contributed by atoms with Gasteiger partial charge in [-0.3, -0.25) is 0 Å². The monoisotopic (exact) mass is 225 g/mol. The lowest BCUT2D eigenvalue weighted by Crippen LogP contribution is -2.34. The second-order valence-electron chi connectivity index (χ2n) is 4.37. The fraction of sp³-hybridized carbons (Fsp3) is 0.500. The van der Waals surface area contributed by atoms with E-state index in [0.717, 1.165) is 26.3 Å². The first kappa shape index (κ1) is 10.9. The van der Waals surface area contributed by atoms with Gasteiger partial charge >= 0.3 is 0 Å². The molecule has 0 aromatic heterocycles. The van der Waals surface area contributed by atoms with Crippen LogP contribution in [0.4, 0.5) is 0 Å². The number of fused-ring (bicyclic) bond motifs is 1. The van der Waals surface area contributed by atoms with Gasteiger partial charge in [0, 0.05) is 24.4 Å². The molecule has 1 aromatic rings. The number of ether oxygens (including phenoxy) is 1. The predicted molar refractivity (Wildman–Crippen MR) is 62.5 cm³/mol. The summed E-state index contributed by atoms with van der Waals surface area (Å²) >= 11 is 0. The van der Waals surface area contributed by atoms with Crippen molar-refractivity contribution in [2.24, 2.45) is 5.92 Å². The third-order valence-electron chi connectivity index (χ3n) is 3.64. The van der Waals surface area contributed by atoms with Crippen LogP contribution in [0.25, 0.3) is 0 Å². The van der Waals surface area contributed by atoms with Crippen LogP contribution in [0.1, 0.15) is 5.56 Å². The molecule has 2 fully saturated rings. The Bertz CT molecular complexity index is 318. The molecule has 15 heavy (non-hydrogen) atoms. The normalized spacial score (nSPS) is 33.5. The molecule has 0 bridgehead atoms. The molecule has 2 aliphatic heterocycles. The van der Waals surface area contributed by atoms with Crippen LogP contribution < -0.4 is 5.32 Å². The van der Waals surface area contributed by atoms with E-state index in [4.69, 9.17) is 4.74 Å². The molecular formula is C12H16ClNO. The Balaban J connectivity index is 0.000000853. The fourth-order valence-corrected chi connectivity index (χ4v) is 2.77. The number of nitrogens with one attached hydrogen (secondary N) is 1. The minimum absolute atomic E-state index is 0. The lowest BCUT2D eigenvalue weighted by molar-refractivity contribution is 0.170. The summed E-state index contributed by atoms with van der Waals surface area (Å²) in [5, 5.41) is 3.48. The molecule has 2 saturated heterocycles. The standard InChI is InChI=1S/C12H15NO.ClH/c1-2-4-10(5-3-1)12-8-13-6-11(12)7-14-9-12;/h1-5,11,13H,6-9H2;1H/t11-,12+;/m1./s1. The van der Waals surface area contributed by atoms with E-state index in [-0.39, 0.29) is 17.8 Å². The maximum atomic E-state index is 5.63. The lowest BCUT2D eigenvalue weighted by atomic mass is 9.75. The fourth-order valence-electron chi connectivity index (χ4n) is 2.77. The first-order chi connectivity index (χ1) is 6.92. The third kappa shape index (κ3) is 1.57. The Morgan fingerprint density at radius 1 is 1.27 bits per heavy atom. The van der Waals surface area contributed by atoms with Crippen LogP contribution in [0, 0.1) is 5.92 Å². The van der Waals surface area contributed by atoms with Gasteiger partial charge in [-0.25, -0.2) is 0 Å². The van der Waals surface area contributed by atoms with Crippen LogP contribution in [0.2, 0.25) is 0 Å². The van der Waals surface area contributed by atoms with Crippen LogP contribution >= 0.6 is 12.4 Å². The number of halogens is 1. The summed E-state index contributed by atoms with van der Waals surface area (Å²) in [4.78, 5) is 0. The quantitative estimate of drug-likeness (QED) is 0.784. The molecule has 1 aromatic carbocycles. The van der Waals surface area contributed by atoms with Gasteiger partial charge in [-0.1, -0.05) is 30.3 Å². The molecule has 2 aliphatic rings.